The third kappa shape index (κ3) is 3.18. The minimum Gasteiger partial charge on any atom is -0.288 e. The second kappa shape index (κ2) is 6.84. The fourth-order valence-electron chi connectivity index (χ4n) is 2.95. The molecule has 4 rings (SSSR count). The van der Waals surface area contributed by atoms with Crippen molar-refractivity contribution in [2.24, 2.45) is 0 Å². The molecular formula is C21H14BrFN2O. The highest BCUT2D eigenvalue weighted by Gasteiger charge is 2.13. The Morgan fingerprint density at radius 3 is 2.50 bits per heavy atom. The quantitative estimate of drug-likeness (QED) is 0.477. The van der Waals surface area contributed by atoms with E-state index < -0.39 is 0 Å². The second-order valence-corrected chi connectivity index (χ2v) is 6.90. The molecular weight excluding hydrogens is 395 g/mol. The first-order valence-electron chi connectivity index (χ1n) is 8.12. The van der Waals surface area contributed by atoms with Gasteiger partial charge in [-0.25, -0.2) is 9.37 Å². The number of fused-ring (bicyclic) bond motifs is 1. The van der Waals surface area contributed by atoms with Crippen LogP contribution >= 0.6 is 15.9 Å². The lowest BCUT2D eigenvalue weighted by Gasteiger charge is -2.14. The van der Waals surface area contributed by atoms with E-state index in [4.69, 9.17) is 4.98 Å². The second-order valence-electron chi connectivity index (χ2n) is 5.98. The molecule has 128 valence electrons. The predicted octanol–water partition coefficient (Wildman–Crippen LogP) is 5.01. The molecule has 0 spiro atoms. The van der Waals surface area contributed by atoms with Crippen LogP contribution in [0.25, 0.3) is 22.3 Å². The maximum absolute atomic E-state index is 13.6. The Labute approximate surface area is 157 Å². The van der Waals surface area contributed by atoms with Gasteiger partial charge < -0.3 is 0 Å². The number of benzene rings is 3. The predicted molar refractivity (Wildman–Crippen MR) is 105 cm³/mol. The van der Waals surface area contributed by atoms with Crippen molar-refractivity contribution in [3.63, 3.8) is 0 Å². The smallest absolute Gasteiger partial charge is 0.261 e. The van der Waals surface area contributed by atoms with E-state index in [9.17, 15) is 9.18 Å². The van der Waals surface area contributed by atoms with Gasteiger partial charge in [-0.2, -0.15) is 0 Å². The average Bonchev–Trinajstić information content (AvgIpc) is 2.65. The van der Waals surface area contributed by atoms with Crippen molar-refractivity contribution in [3.8, 4) is 11.4 Å². The van der Waals surface area contributed by atoms with E-state index in [0.29, 0.717) is 22.3 Å². The first-order valence-corrected chi connectivity index (χ1v) is 8.91. The van der Waals surface area contributed by atoms with Crippen LogP contribution < -0.4 is 5.56 Å². The number of rotatable bonds is 3. The van der Waals surface area contributed by atoms with Crippen LogP contribution in [0.15, 0.2) is 82.1 Å². The van der Waals surface area contributed by atoms with Crippen molar-refractivity contribution < 1.29 is 4.39 Å². The molecule has 0 saturated carbocycles. The summed E-state index contributed by atoms with van der Waals surface area (Å²) in [6.45, 7) is 0.250. The van der Waals surface area contributed by atoms with E-state index >= 15 is 0 Å². The molecule has 0 saturated heterocycles. The summed E-state index contributed by atoms with van der Waals surface area (Å²) in [5.74, 6) is 0.236. The van der Waals surface area contributed by atoms with E-state index in [1.165, 1.54) is 12.1 Å². The first-order chi connectivity index (χ1) is 12.6. The van der Waals surface area contributed by atoms with Gasteiger partial charge in [0.05, 0.1) is 17.4 Å². The molecule has 0 bridgehead atoms. The SMILES string of the molecule is O=c1c2ccccc2nc(-c2ccc(Br)cc2)n1Cc1cccc(F)c1. The van der Waals surface area contributed by atoms with Gasteiger partial charge in [-0.05, 0) is 42.0 Å². The average molecular weight is 409 g/mol. The van der Waals surface area contributed by atoms with Crippen molar-refractivity contribution in [1.29, 1.82) is 0 Å². The van der Waals surface area contributed by atoms with E-state index in [1.54, 1.807) is 22.8 Å². The zero-order valence-corrected chi connectivity index (χ0v) is 15.3. The molecule has 0 aliphatic heterocycles. The summed E-state index contributed by atoms with van der Waals surface area (Å²) in [4.78, 5) is 17.8. The van der Waals surface area contributed by atoms with Crippen LogP contribution in [0.5, 0.6) is 0 Å². The van der Waals surface area contributed by atoms with E-state index in [0.717, 1.165) is 10.0 Å². The van der Waals surface area contributed by atoms with Gasteiger partial charge in [0.25, 0.3) is 5.56 Å². The lowest BCUT2D eigenvalue weighted by atomic mass is 10.1. The summed E-state index contributed by atoms with van der Waals surface area (Å²) in [5, 5.41) is 0.546. The fraction of sp³-hybridized carbons (Fsp3) is 0.0476. The lowest BCUT2D eigenvalue weighted by Crippen LogP contribution is -2.24. The molecule has 5 heteroatoms. The van der Waals surface area contributed by atoms with Crippen LogP contribution in [-0.2, 0) is 6.54 Å². The number of halogens is 2. The molecule has 0 N–H and O–H groups in total. The Bertz CT molecular complexity index is 1150. The molecule has 4 aromatic rings. The fourth-order valence-corrected chi connectivity index (χ4v) is 3.22. The number of hydrogen-bond acceptors (Lipinski definition) is 2. The minimum atomic E-state index is -0.325. The molecule has 0 radical (unpaired) electrons. The standard InChI is InChI=1S/C21H14BrFN2O/c22-16-10-8-15(9-11-16)20-24-19-7-2-1-6-18(19)21(26)25(20)13-14-4-3-5-17(23)12-14/h1-12H,13H2. The zero-order valence-electron chi connectivity index (χ0n) is 13.7. The highest BCUT2D eigenvalue weighted by Crippen LogP contribution is 2.22. The number of aromatic nitrogens is 2. The monoisotopic (exact) mass is 408 g/mol. The summed E-state index contributed by atoms with van der Waals surface area (Å²) >= 11 is 3.42. The minimum absolute atomic E-state index is 0.141. The van der Waals surface area contributed by atoms with Crippen LogP contribution in [0, 0.1) is 5.82 Å². The topological polar surface area (TPSA) is 34.9 Å². The van der Waals surface area contributed by atoms with Crippen molar-refractivity contribution in [2.75, 3.05) is 0 Å². The molecule has 0 fully saturated rings. The normalized spacial score (nSPS) is 11.0. The molecule has 0 amide bonds. The van der Waals surface area contributed by atoms with Gasteiger partial charge in [0.15, 0.2) is 0 Å². The van der Waals surface area contributed by atoms with Crippen LogP contribution in [0.1, 0.15) is 5.56 Å². The number of para-hydroxylation sites is 1. The van der Waals surface area contributed by atoms with Crippen molar-refractivity contribution in [3.05, 3.63) is 99.0 Å². The van der Waals surface area contributed by atoms with Crippen LogP contribution in [-0.4, -0.2) is 9.55 Å². The molecule has 0 aliphatic rings. The molecule has 3 nitrogen and oxygen atoms in total. The van der Waals surface area contributed by atoms with Gasteiger partial charge in [0, 0.05) is 10.0 Å². The molecule has 1 heterocycles. The maximum atomic E-state index is 13.6. The zero-order chi connectivity index (χ0) is 18.1. The first kappa shape index (κ1) is 16.7. The summed E-state index contributed by atoms with van der Waals surface area (Å²) in [6, 6.07) is 21.2. The van der Waals surface area contributed by atoms with E-state index in [1.807, 2.05) is 42.5 Å². The molecule has 0 aliphatic carbocycles. The van der Waals surface area contributed by atoms with E-state index in [2.05, 4.69) is 15.9 Å². The van der Waals surface area contributed by atoms with Gasteiger partial charge in [0.1, 0.15) is 11.6 Å². The summed E-state index contributed by atoms with van der Waals surface area (Å²) in [7, 11) is 0. The summed E-state index contributed by atoms with van der Waals surface area (Å²) in [6.07, 6.45) is 0. The van der Waals surface area contributed by atoms with E-state index in [-0.39, 0.29) is 17.9 Å². The Morgan fingerprint density at radius 2 is 1.73 bits per heavy atom. The van der Waals surface area contributed by atoms with Crippen LogP contribution in [0.3, 0.4) is 0 Å². The molecule has 0 atom stereocenters. The Morgan fingerprint density at radius 1 is 0.962 bits per heavy atom. The van der Waals surface area contributed by atoms with Crippen LogP contribution in [0.2, 0.25) is 0 Å². The van der Waals surface area contributed by atoms with Gasteiger partial charge in [0.2, 0.25) is 0 Å². The Balaban J connectivity index is 1.96. The van der Waals surface area contributed by atoms with Gasteiger partial charge in [-0.3, -0.25) is 9.36 Å². The van der Waals surface area contributed by atoms with Crippen molar-refractivity contribution in [1.82, 2.24) is 9.55 Å². The van der Waals surface area contributed by atoms with Crippen LogP contribution in [0.4, 0.5) is 4.39 Å². The number of nitrogens with zero attached hydrogens (tertiary/aromatic N) is 2. The summed E-state index contributed by atoms with van der Waals surface area (Å²) < 4.78 is 16.1. The van der Waals surface area contributed by atoms with Gasteiger partial charge in [-0.1, -0.05) is 52.3 Å². The third-order valence-electron chi connectivity index (χ3n) is 4.19. The molecule has 1 aromatic heterocycles. The molecule has 0 unspecified atom stereocenters. The molecule has 3 aromatic carbocycles. The third-order valence-corrected chi connectivity index (χ3v) is 4.72. The highest BCUT2D eigenvalue weighted by atomic mass is 79.9. The van der Waals surface area contributed by atoms with Crippen molar-refractivity contribution >= 4 is 26.8 Å². The molecule has 26 heavy (non-hydrogen) atoms. The largest absolute Gasteiger partial charge is 0.288 e. The maximum Gasteiger partial charge on any atom is 0.261 e. The lowest BCUT2D eigenvalue weighted by molar-refractivity contribution is 0.623. The number of hydrogen-bond donors (Lipinski definition) is 0. The summed E-state index contributed by atoms with van der Waals surface area (Å²) in [5.41, 5.74) is 2.04. The Kier molecular flexibility index (Phi) is 4.39. The van der Waals surface area contributed by atoms with Gasteiger partial charge >= 0.3 is 0 Å². The van der Waals surface area contributed by atoms with Gasteiger partial charge in [-0.15, -0.1) is 0 Å². The van der Waals surface area contributed by atoms with Crippen molar-refractivity contribution in [2.45, 2.75) is 6.54 Å². The Hall–Kier alpha value is -2.79. The highest BCUT2D eigenvalue weighted by molar-refractivity contribution is 9.10.